The summed E-state index contributed by atoms with van der Waals surface area (Å²) in [6.45, 7) is 1.92. The van der Waals surface area contributed by atoms with Crippen LogP contribution in [0.5, 0.6) is 0 Å². The SMILES string of the molecule is OB(O)C1COCCOCCOC(B(O)O)COCCOCCO1. The lowest BCUT2D eigenvalue weighted by Crippen LogP contribution is -2.39. The molecule has 0 bridgehead atoms. The molecule has 1 aliphatic heterocycles. The van der Waals surface area contributed by atoms with E-state index in [-0.39, 0.29) is 66.1 Å². The fraction of sp³-hybridized carbons (Fsp3) is 1.00. The van der Waals surface area contributed by atoms with Gasteiger partial charge in [-0.2, -0.15) is 0 Å². The first-order valence-corrected chi connectivity index (χ1v) is 7.87. The fourth-order valence-electron chi connectivity index (χ4n) is 1.80. The minimum atomic E-state index is -1.64. The summed E-state index contributed by atoms with van der Waals surface area (Å²) in [7, 11) is -3.29. The molecular formula is C12H26B2O10. The molecule has 4 N–H and O–H groups in total. The van der Waals surface area contributed by atoms with Crippen LogP contribution in [0.25, 0.3) is 0 Å². The van der Waals surface area contributed by atoms with Crippen molar-refractivity contribution in [2.45, 2.75) is 12.0 Å². The Morgan fingerprint density at radius 3 is 1.21 bits per heavy atom. The summed E-state index contributed by atoms with van der Waals surface area (Å²) in [5, 5.41) is 36.8. The van der Waals surface area contributed by atoms with Crippen molar-refractivity contribution in [2.24, 2.45) is 0 Å². The highest BCUT2D eigenvalue weighted by Crippen LogP contribution is 1.99. The number of hydrogen-bond acceptors (Lipinski definition) is 10. The van der Waals surface area contributed by atoms with E-state index in [0.29, 0.717) is 0 Å². The molecule has 0 amide bonds. The first kappa shape index (κ1) is 21.8. The Hall–Kier alpha value is -0.270. The van der Waals surface area contributed by atoms with Crippen LogP contribution in [-0.2, 0) is 28.4 Å². The van der Waals surface area contributed by atoms with Crippen molar-refractivity contribution in [2.75, 3.05) is 66.1 Å². The van der Waals surface area contributed by atoms with Crippen LogP contribution in [0, 0.1) is 0 Å². The summed E-state index contributed by atoms with van der Waals surface area (Å²) in [4.78, 5) is 0. The Labute approximate surface area is 141 Å². The van der Waals surface area contributed by atoms with Gasteiger partial charge in [0.2, 0.25) is 0 Å². The average Bonchev–Trinajstić information content (AvgIpc) is 2.54. The van der Waals surface area contributed by atoms with Gasteiger partial charge in [0.1, 0.15) is 12.0 Å². The van der Waals surface area contributed by atoms with E-state index >= 15 is 0 Å². The zero-order valence-corrected chi connectivity index (χ0v) is 13.6. The maximum absolute atomic E-state index is 9.20. The molecular weight excluding hydrogens is 326 g/mol. The molecule has 0 radical (unpaired) electrons. The number of rotatable bonds is 2. The van der Waals surface area contributed by atoms with Crippen LogP contribution in [0.15, 0.2) is 0 Å². The summed E-state index contributed by atoms with van der Waals surface area (Å²) < 4.78 is 31.6. The van der Waals surface area contributed by atoms with Crippen LogP contribution in [0.3, 0.4) is 0 Å². The predicted octanol–water partition coefficient (Wildman–Crippen LogP) is -3.14. The third-order valence-electron chi connectivity index (χ3n) is 3.09. The minimum absolute atomic E-state index is 0.0133. The summed E-state index contributed by atoms with van der Waals surface area (Å²) in [6.07, 6.45) is 0. The first-order valence-electron chi connectivity index (χ1n) is 7.87. The summed E-state index contributed by atoms with van der Waals surface area (Å²) in [6, 6.07) is -1.72. The highest BCUT2D eigenvalue weighted by molar-refractivity contribution is 6.43. The van der Waals surface area contributed by atoms with Gasteiger partial charge in [0.25, 0.3) is 0 Å². The van der Waals surface area contributed by atoms with Crippen molar-refractivity contribution in [3.63, 3.8) is 0 Å². The molecule has 0 aliphatic carbocycles. The van der Waals surface area contributed by atoms with Crippen LogP contribution >= 0.6 is 0 Å². The smallest absolute Gasteiger partial charge is 0.425 e. The van der Waals surface area contributed by atoms with Gasteiger partial charge in [-0.15, -0.1) is 0 Å². The summed E-state index contributed by atoms with van der Waals surface area (Å²) >= 11 is 0. The molecule has 0 spiro atoms. The molecule has 0 aromatic rings. The topological polar surface area (TPSA) is 136 Å². The first-order chi connectivity index (χ1) is 11.6. The Morgan fingerprint density at radius 2 is 0.833 bits per heavy atom. The van der Waals surface area contributed by atoms with Crippen molar-refractivity contribution in [3.05, 3.63) is 0 Å². The van der Waals surface area contributed by atoms with E-state index in [1.807, 2.05) is 0 Å². The fourth-order valence-corrected chi connectivity index (χ4v) is 1.80. The van der Waals surface area contributed by atoms with Gasteiger partial charge in [-0.25, -0.2) is 0 Å². The zero-order chi connectivity index (χ0) is 17.6. The van der Waals surface area contributed by atoms with E-state index in [4.69, 9.17) is 28.4 Å². The van der Waals surface area contributed by atoms with Crippen LogP contribution in [0.1, 0.15) is 0 Å². The lowest BCUT2D eigenvalue weighted by atomic mass is 9.83. The molecule has 0 aromatic carbocycles. The van der Waals surface area contributed by atoms with E-state index in [9.17, 15) is 20.1 Å². The summed E-state index contributed by atoms with van der Waals surface area (Å²) in [5.74, 6) is 0. The second-order valence-corrected chi connectivity index (χ2v) is 5.02. The monoisotopic (exact) mass is 352 g/mol. The standard InChI is InChI=1S/C12H26B2O10/c15-13(16)11-9-21-3-1-19-5-7-23-12(14(17)18)10-22-4-2-20-6-8-24-11/h11-12,15-18H,1-10H2. The summed E-state index contributed by atoms with van der Waals surface area (Å²) in [5.41, 5.74) is 0. The molecule has 0 saturated carbocycles. The maximum Gasteiger partial charge on any atom is 0.484 e. The van der Waals surface area contributed by atoms with Crippen molar-refractivity contribution < 1.29 is 48.5 Å². The minimum Gasteiger partial charge on any atom is -0.425 e. The lowest BCUT2D eigenvalue weighted by Gasteiger charge is -2.19. The molecule has 2 unspecified atom stereocenters. The van der Waals surface area contributed by atoms with Crippen LogP contribution in [0.4, 0.5) is 0 Å². The van der Waals surface area contributed by atoms with Crippen molar-refractivity contribution in [3.8, 4) is 0 Å². The van der Waals surface area contributed by atoms with Gasteiger partial charge in [0, 0.05) is 0 Å². The van der Waals surface area contributed by atoms with E-state index in [1.165, 1.54) is 0 Å². The normalized spacial score (nSPS) is 27.0. The quantitative estimate of drug-likeness (QED) is 0.378. The molecule has 1 heterocycles. The second kappa shape index (κ2) is 14.0. The van der Waals surface area contributed by atoms with E-state index in [2.05, 4.69) is 0 Å². The Bertz CT molecular complexity index is 249. The molecule has 0 aromatic heterocycles. The molecule has 10 nitrogen and oxygen atoms in total. The van der Waals surface area contributed by atoms with Crippen LogP contribution in [0.2, 0.25) is 0 Å². The Balaban J connectivity index is 2.35. The van der Waals surface area contributed by atoms with Gasteiger partial charge in [-0.1, -0.05) is 0 Å². The van der Waals surface area contributed by atoms with Gasteiger partial charge in [0.05, 0.1) is 66.1 Å². The Morgan fingerprint density at radius 1 is 0.500 bits per heavy atom. The van der Waals surface area contributed by atoms with Crippen molar-refractivity contribution in [1.29, 1.82) is 0 Å². The Kier molecular flexibility index (Phi) is 12.7. The molecule has 12 heteroatoms. The average molecular weight is 352 g/mol. The third kappa shape index (κ3) is 10.6. The highest BCUT2D eigenvalue weighted by atomic mass is 16.6. The molecule has 1 rings (SSSR count). The molecule has 1 saturated heterocycles. The third-order valence-corrected chi connectivity index (χ3v) is 3.09. The molecule has 1 aliphatic rings. The number of hydrogen-bond donors (Lipinski definition) is 4. The molecule has 24 heavy (non-hydrogen) atoms. The van der Waals surface area contributed by atoms with Crippen molar-refractivity contribution in [1.82, 2.24) is 0 Å². The van der Waals surface area contributed by atoms with E-state index in [0.717, 1.165) is 0 Å². The van der Waals surface area contributed by atoms with Gasteiger partial charge >= 0.3 is 14.2 Å². The largest absolute Gasteiger partial charge is 0.484 e. The predicted molar refractivity (Wildman–Crippen MR) is 83.1 cm³/mol. The van der Waals surface area contributed by atoms with Gasteiger partial charge in [0.15, 0.2) is 0 Å². The van der Waals surface area contributed by atoms with Gasteiger partial charge in [-0.05, 0) is 0 Å². The van der Waals surface area contributed by atoms with Crippen LogP contribution < -0.4 is 0 Å². The van der Waals surface area contributed by atoms with Crippen LogP contribution in [-0.4, -0.2) is 112 Å². The molecule has 140 valence electrons. The van der Waals surface area contributed by atoms with E-state index < -0.39 is 26.2 Å². The maximum atomic E-state index is 9.20. The highest BCUT2D eigenvalue weighted by Gasteiger charge is 2.25. The molecule has 1 fully saturated rings. The zero-order valence-electron chi connectivity index (χ0n) is 13.6. The van der Waals surface area contributed by atoms with Gasteiger partial charge in [-0.3, -0.25) is 0 Å². The number of ether oxygens (including phenoxy) is 6. The van der Waals surface area contributed by atoms with Gasteiger partial charge < -0.3 is 48.5 Å². The second-order valence-electron chi connectivity index (χ2n) is 5.02. The van der Waals surface area contributed by atoms with Crippen molar-refractivity contribution >= 4 is 14.2 Å². The molecule has 2 atom stereocenters. The lowest BCUT2D eigenvalue weighted by molar-refractivity contribution is -0.0566. The van der Waals surface area contributed by atoms with E-state index in [1.54, 1.807) is 0 Å².